The van der Waals surface area contributed by atoms with Gasteiger partial charge in [-0.3, -0.25) is 4.79 Å². The quantitative estimate of drug-likeness (QED) is 0.575. The molecule has 0 aliphatic heterocycles. The molecule has 0 rings (SSSR count). The molecule has 2 atom stereocenters. The van der Waals surface area contributed by atoms with Crippen LogP contribution in [-0.2, 0) is 9.53 Å². The summed E-state index contributed by atoms with van der Waals surface area (Å²) >= 11 is 0. The second-order valence-electron chi connectivity index (χ2n) is 4.65. The summed E-state index contributed by atoms with van der Waals surface area (Å²) in [7, 11) is 0. The second kappa shape index (κ2) is 10.5. The molecule has 0 heterocycles. The maximum absolute atomic E-state index is 11.7. The lowest BCUT2D eigenvalue weighted by molar-refractivity contribution is -0.124. The Morgan fingerprint density at radius 1 is 1.29 bits per heavy atom. The van der Waals surface area contributed by atoms with Crippen molar-refractivity contribution >= 4 is 5.91 Å². The fraction of sp³-hybridized carbons (Fsp3) is 0.923. The molecule has 3 N–H and O–H groups in total. The van der Waals surface area contributed by atoms with Crippen LogP contribution < -0.4 is 11.1 Å². The smallest absolute Gasteiger partial charge is 0.222 e. The van der Waals surface area contributed by atoms with Crippen LogP contribution in [0.4, 0.5) is 0 Å². The van der Waals surface area contributed by atoms with E-state index in [-0.39, 0.29) is 17.9 Å². The number of hydrogen-bond acceptors (Lipinski definition) is 3. The minimum Gasteiger partial charge on any atom is -0.382 e. The number of ether oxygens (including phenoxy) is 1. The molecule has 2 unspecified atom stereocenters. The molecule has 0 aromatic heterocycles. The van der Waals surface area contributed by atoms with Crippen LogP contribution in [0, 0.1) is 5.92 Å². The van der Waals surface area contributed by atoms with E-state index in [0.29, 0.717) is 6.54 Å². The van der Waals surface area contributed by atoms with Gasteiger partial charge in [0.15, 0.2) is 0 Å². The maximum atomic E-state index is 11.7. The number of nitrogens with two attached hydrogens (primary N) is 1. The highest BCUT2D eigenvalue weighted by molar-refractivity contribution is 5.78. The van der Waals surface area contributed by atoms with Crippen LogP contribution in [0.3, 0.4) is 0 Å². The van der Waals surface area contributed by atoms with Gasteiger partial charge in [0.2, 0.25) is 5.91 Å². The van der Waals surface area contributed by atoms with E-state index in [2.05, 4.69) is 5.32 Å². The Labute approximate surface area is 105 Å². The van der Waals surface area contributed by atoms with Crippen molar-refractivity contribution in [2.24, 2.45) is 11.7 Å². The van der Waals surface area contributed by atoms with E-state index in [4.69, 9.17) is 10.5 Å². The van der Waals surface area contributed by atoms with Gasteiger partial charge in [-0.2, -0.15) is 0 Å². The molecule has 4 nitrogen and oxygen atoms in total. The number of hydrogen-bond donors (Lipinski definition) is 2. The summed E-state index contributed by atoms with van der Waals surface area (Å²) in [6.45, 7) is 8.10. The Balaban J connectivity index is 3.47. The molecule has 0 radical (unpaired) electrons. The van der Waals surface area contributed by atoms with Gasteiger partial charge in [-0.05, 0) is 33.1 Å². The van der Waals surface area contributed by atoms with Crippen LogP contribution in [0.25, 0.3) is 0 Å². The van der Waals surface area contributed by atoms with E-state index < -0.39 is 0 Å². The highest BCUT2D eigenvalue weighted by atomic mass is 16.5. The molecule has 0 aliphatic rings. The monoisotopic (exact) mass is 244 g/mol. The topological polar surface area (TPSA) is 64.3 Å². The first-order valence-corrected chi connectivity index (χ1v) is 6.69. The van der Waals surface area contributed by atoms with Crippen molar-refractivity contribution in [3.63, 3.8) is 0 Å². The first-order chi connectivity index (χ1) is 8.07. The molecule has 1 amide bonds. The normalized spacial score (nSPS) is 14.4. The highest BCUT2D eigenvalue weighted by Gasteiger charge is 2.11. The predicted molar refractivity (Wildman–Crippen MR) is 70.8 cm³/mol. The summed E-state index contributed by atoms with van der Waals surface area (Å²) in [5, 5.41) is 2.93. The fourth-order valence-corrected chi connectivity index (χ4v) is 1.58. The van der Waals surface area contributed by atoms with E-state index in [1.165, 1.54) is 0 Å². The van der Waals surface area contributed by atoms with Crippen molar-refractivity contribution in [1.29, 1.82) is 0 Å². The largest absolute Gasteiger partial charge is 0.382 e. The van der Waals surface area contributed by atoms with Crippen LogP contribution in [0.5, 0.6) is 0 Å². The molecule has 17 heavy (non-hydrogen) atoms. The Kier molecular flexibility index (Phi) is 10.2. The van der Waals surface area contributed by atoms with Crippen molar-refractivity contribution in [3.8, 4) is 0 Å². The van der Waals surface area contributed by atoms with Crippen LogP contribution >= 0.6 is 0 Å². The Morgan fingerprint density at radius 2 is 2.00 bits per heavy atom. The van der Waals surface area contributed by atoms with E-state index in [1.807, 2.05) is 20.8 Å². The van der Waals surface area contributed by atoms with Crippen LogP contribution in [0.15, 0.2) is 0 Å². The molecule has 0 aromatic carbocycles. The van der Waals surface area contributed by atoms with E-state index in [1.54, 1.807) is 0 Å². The molecule has 0 saturated carbocycles. The van der Waals surface area contributed by atoms with Crippen molar-refractivity contribution in [3.05, 3.63) is 0 Å². The zero-order valence-electron chi connectivity index (χ0n) is 11.5. The third-order valence-corrected chi connectivity index (χ3v) is 2.71. The average molecular weight is 244 g/mol. The van der Waals surface area contributed by atoms with E-state index >= 15 is 0 Å². The zero-order chi connectivity index (χ0) is 13.1. The molecule has 0 fully saturated rings. The molecule has 102 valence electrons. The molecule has 0 spiro atoms. The summed E-state index contributed by atoms with van der Waals surface area (Å²) in [5.41, 5.74) is 5.67. The van der Waals surface area contributed by atoms with Crippen molar-refractivity contribution in [2.45, 2.75) is 52.5 Å². The predicted octanol–water partition coefficient (Wildman–Crippen LogP) is 1.68. The first-order valence-electron chi connectivity index (χ1n) is 6.69. The fourth-order valence-electron chi connectivity index (χ4n) is 1.58. The third kappa shape index (κ3) is 10.3. The van der Waals surface area contributed by atoms with Gasteiger partial charge in [0, 0.05) is 31.7 Å². The van der Waals surface area contributed by atoms with Gasteiger partial charge in [0.1, 0.15) is 0 Å². The van der Waals surface area contributed by atoms with Crippen LogP contribution in [0.1, 0.15) is 46.5 Å². The van der Waals surface area contributed by atoms with Gasteiger partial charge in [-0.1, -0.05) is 13.3 Å². The van der Waals surface area contributed by atoms with Gasteiger partial charge in [-0.15, -0.1) is 0 Å². The molecular weight excluding hydrogens is 216 g/mol. The van der Waals surface area contributed by atoms with Gasteiger partial charge in [0.25, 0.3) is 0 Å². The second-order valence-corrected chi connectivity index (χ2v) is 4.65. The number of amides is 1. The molecule has 0 aliphatic carbocycles. The lowest BCUT2D eigenvalue weighted by atomic mass is 10.0. The molecule has 0 bridgehead atoms. The van der Waals surface area contributed by atoms with Gasteiger partial charge < -0.3 is 15.8 Å². The number of carbonyl (C=O) groups is 1. The van der Waals surface area contributed by atoms with Crippen LogP contribution in [0.2, 0.25) is 0 Å². The zero-order valence-corrected chi connectivity index (χ0v) is 11.5. The molecule has 0 saturated heterocycles. The number of nitrogens with one attached hydrogen (secondary N) is 1. The summed E-state index contributed by atoms with van der Waals surface area (Å²) in [6, 6.07) is 0.233. The molecule has 4 heteroatoms. The highest BCUT2D eigenvalue weighted by Crippen LogP contribution is 2.08. The molecule has 0 aromatic rings. The Bertz CT molecular complexity index is 196. The Morgan fingerprint density at radius 3 is 2.59 bits per heavy atom. The SMILES string of the molecule is CCOCCCNC(=O)C(C)CCCC(C)N. The molecular formula is C13H28N2O2. The number of carbonyl (C=O) groups excluding carboxylic acids is 1. The van der Waals surface area contributed by atoms with Crippen LogP contribution in [-0.4, -0.2) is 31.7 Å². The summed E-state index contributed by atoms with van der Waals surface area (Å²) < 4.78 is 5.20. The maximum Gasteiger partial charge on any atom is 0.222 e. The lowest BCUT2D eigenvalue weighted by Gasteiger charge is -2.12. The minimum atomic E-state index is 0.0841. The van der Waals surface area contributed by atoms with E-state index in [0.717, 1.165) is 38.9 Å². The average Bonchev–Trinajstić information content (AvgIpc) is 2.27. The third-order valence-electron chi connectivity index (χ3n) is 2.71. The lowest BCUT2D eigenvalue weighted by Crippen LogP contribution is -2.30. The summed E-state index contributed by atoms with van der Waals surface area (Å²) in [6.07, 6.45) is 3.80. The first kappa shape index (κ1) is 16.4. The van der Waals surface area contributed by atoms with Crippen molar-refractivity contribution in [2.75, 3.05) is 19.8 Å². The standard InChI is InChI=1S/C13H28N2O2/c1-4-17-10-6-9-15-13(16)11(2)7-5-8-12(3)14/h11-12H,4-10,14H2,1-3H3,(H,15,16). The van der Waals surface area contributed by atoms with Crippen molar-refractivity contribution in [1.82, 2.24) is 5.32 Å². The number of rotatable bonds is 10. The summed E-state index contributed by atoms with van der Waals surface area (Å²) in [4.78, 5) is 11.7. The van der Waals surface area contributed by atoms with E-state index in [9.17, 15) is 4.79 Å². The van der Waals surface area contributed by atoms with Gasteiger partial charge >= 0.3 is 0 Å². The minimum absolute atomic E-state index is 0.0841. The van der Waals surface area contributed by atoms with Gasteiger partial charge in [0.05, 0.1) is 0 Å². The Hall–Kier alpha value is -0.610. The summed E-state index contributed by atoms with van der Waals surface area (Å²) in [5.74, 6) is 0.229. The van der Waals surface area contributed by atoms with Crippen molar-refractivity contribution < 1.29 is 9.53 Å². The van der Waals surface area contributed by atoms with Gasteiger partial charge in [-0.25, -0.2) is 0 Å².